The predicted octanol–water partition coefficient (Wildman–Crippen LogP) is 14.6. The molecule has 1 N–H and O–H groups in total. The van der Waals surface area contributed by atoms with Crippen molar-refractivity contribution in [1.29, 1.82) is 0 Å². The molecular formula is C52H33N. The molecule has 11 aromatic rings. The summed E-state index contributed by atoms with van der Waals surface area (Å²) in [6, 6.07) is 71.1. The molecule has 0 aliphatic rings. The van der Waals surface area contributed by atoms with E-state index in [1.54, 1.807) is 0 Å². The lowest BCUT2D eigenvalue weighted by Crippen LogP contribution is -1.93. The van der Waals surface area contributed by atoms with Gasteiger partial charge in [0.15, 0.2) is 0 Å². The van der Waals surface area contributed by atoms with Gasteiger partial charge in [0, 0.05) is 21.7 Å². The largest absolute Gasteiger partial charge is 0.354 e. The highest BCUT2D eigenvalue weighted by Crippen LogP contribution is 2.47. The molecule has 0 atom stereocenters. The summed E-state index contributed by atoms with van der Waals surface area (Å²) in [4.78, 5) is 3.80. The van der Waals surface area contributed by atoms with Crippen molar-refractivity contribution in [2.45, 2.75) is 0 Å². The summed E-state index contributed by atoms with van der Waals surface area (Å²) < 4.78 is 0. The van der Waals surface area contributed by atoms with Gasteiger partial charge in [0.05, 0.1) is 5.52 Å². The lowest BCUT2D eigenvalue weighted by atomic mass is 9.83. The van der Waals surface area contributed by atoms with Crippen LogP contribution in [-0.2, 0) is 0 Å². The Kier molecular flexibility index (Phi) is 6.62. The number of nitrogens with one attached hydrogen (secondary N) is 1. The Morgan fingerprint density at radius 1 is 0.264 bits per heavy atom. The van der Waals surface area contributed by atoms with Crippen molar-refractivity contribution in [1.82, 2.24) is 4.98 Å². The van der Waals surface area contributed by atoms with Crippen molar-refractivity contribution < 1.29 is 0 Å². The van der Waals surface area contributed by atoms with Crippen LogP contribution in [0.2, 0.25) is 0 Å². The highest BCUT2D eigenvalue weighted by molar-refractivity contribution is 6.31. The number of aromatic amines is 1. The summed E-state index contributed by atoms with van der Waals surface area (Å²) >= 11 is 0. The molecule has 0 saturated carbocycles. The second-order valence-electron chi connectivity index (χ2n) is 14.1. The number of hydrogen-bond donors (Lipinski definition) is 1. The van der Waals surface area contributed by atoms with E-state index < -0.39 is 0 Å². The zero-order valence-corrected chi connectivity index (χ0v) is 29.0. The first kappa shape index (κ1) is 29.7. The molecule has 0 aliphatic carbocycles. The van der Waals surface area contributed by atoms with E-state index in [0.29, 0.717) is 0 Å². The van der Waals surface area contributed by atoms with Crippen molar-refractivity contribution >= 4 is 64.9 Å². The zero-order chi connectivity index (χ0) is 34.9. The van der Waals surface area contributed by atoms with Gasteiger partial charge >= 0.3 is 0 Å². The number of fused-ring (bicyclic) bond motifs is 10. The maximum atomic E-state index is 3.80. The average molecular weight is 672 g/mol. The van der Waals surface area contributed by atoms with E-state index >= 15 is 0 Å². The van der Waals surface area contributed by atoms with Gasteiger partial charge in [0.1, 0.15) is 0 Å². The number of H-pyrrole nitrogens is 1. The molecule has 1 heterocycles. The molecule has 0 bridgehead atoms. The van der Waals surface area contributed by atoms with Crippen LogP contribution in [0.15, 0.2) is 194 Å². The van der Waals surface area contributed by atoms with Crippen LogP contribution in [-0.4, -0.2) is 4.98 Å². The van der Waals surface area contributed by atoms with Crippen molar-refractivity contribution in [3.63, 3.8) is 0 Å². The number of rotatable bonds is 4. The van der Waals surface area contributed by atoms with Crippen LogP contribution in [0.25, 0.3) is 109 Å². The van der Waals surface area contributed by atoms with Gasteiger partial charge in [-0.05, 0) is 100 Å². The summed E-state index contributed by atoms with van der Waals surface area (Å²) in [5.74, 6) is 0. The fraction of sp³-hybridized carbons (Fsp3) is 0. The predicted molar refractivity (Wildman–Crippen MR) is 228 cm³/mol. The second-order valence-corrected chi connectivity index (χ2v) is 14.1. The highest BCUT2D eigenvalue weighted by atomic mass is 14.7. The van der Waals surface area contributed by atoms with Gasteiger partial charge in [0.2, 0.25) is 0 Å². The molecule has 53 heavy (non-hydrogen) atoms. The first-order valence-electron chi connectivity index (χ1n) is 18.4. The molecule has 0 fully saturated rings. The van der Waals surface area contributed by atoms with E-state index in [2.05, 4.69) is 199 Å². The Morgan fingerprint density at radius 3 is 1.45 bits per heavy atom. The molecule has 0 saturated heterocycles. The molecule has 10 aromatic carbocycles. The van der Waals surface area contributed by atoms with E-state index in [4.69, 9.17) is 0 Å². The Morgan fingerprint density at radius 2 is 0.755 bits per heavy atom. The third-order valence-corrected chi connectivity index (χ3v) is 11.2. The first-order valence-corrected chi connectivity index (χ1v) is 18.4. The lowest BCUT2D eigenvalue weighted by molar-refractivity contribution is 1.56. The quantitative estimate of drug-likeness (QED) is 0.142. The molecular weight excluding hydrogens is 639 g/mol. The van der Waals surface area contributed by atoms with Crippen LogP contribution in [0, 0.1) is 0 Å². The minimum atomic E-state index is 1.16. The fourth-order valence-electron chi connectivity index (χ4n) is 8.88. The molecule has 0 unspecified atom stereocenters. The van der Waals surface area contributed by atoms with Crippen LogP contribution >= 0.6 is 0 Å². The van der Waals surface area contributed by atoms with Gasteiger partial charge in [-0.25, -0.2) is 0 Å². The van der Waals surface area contributed by atoms with Crippen molar-refractivity contribution in [2.24, 2.45) is 0 Å². The molecule has 1 nitrogen and oxygen atoms in total. The lowest BCUT2D eigenvalue weighted by Gasteiger charge is -2.20. The van der Waals surface area contributed by atoms with Gasteiger partial charge in [-0.2, -0.15) is 0 Å². The third kappa shape index (κ3) is 4.58. The number of hydrogen-bond acceptors (Lipinski definition) is 0. The molecule has 1 aromatic heterocycles. The number of benzene rings is 10. The summed E-state index contributed by atoms with van der Waals surface area (Å²) in [6.45, 7) is 0. The van der Waals surface area contributed by atoms with Crippen LogP contribution in [0.3, 0.4) is 0 Å². The second kappa shape index (κ2) is 11.8. The molecule has 0 radical (unpaired) electrons. The minimum Gasteiger partial charge on any atom is -0.354 e. The Bertz CT molecular complexity index is 3160. The maximum absolute atomic E-state index is 3.80. The third-order valence-electron chi connectivity index (χ3n) is 11.2. The van der Waals surface area contributed by atoms with Crippen molar-refractivity contribution in [2.75, 3.05) is 0 Å². The Hall–Kier alpha value is -6.96. The molecule has 0 spiro atoms. The van der Waals surface area contributed by atoms with E-state index in [1.165, 1.54) is 104 Å². The van der Waals surface area contributed by atoms with E-state index in [0.717, 1.165) is 5.52 Å². The topological polar surface area (TPSA) is 15.8 Å². The fourth-order valence-corrected chi connectivity index (χ4v) is 8.88. The molecule has 246 valence electrons. The van der Waals surface area contributed by atoms with Gasteiger partial charge in [-0.1, -0.05) is 176 Å². The summed E-state index contributed by atoms with van der Waals surface area (Å²) in [7, 11) is 0. The standard InChI is InChI=1S/C52H33N/c1-2-15-33(16-3-1)37-19-4-7-22-40(37)50-44-26-11-9-24-42(44)49(43-25-10-12-27-45(43)50)36-18-14-17-34(31-36)35-29-30-48-47(32-35)51-41-23-8-5-20-38(41)39-21-6-13-28-46(39)52(51)53-48/h1-32,53H. The van der Waals surface area contributed by atoms with Gasteiger partial charge in [-0.15, -0.1) is 0 Å². The normalized spacial score (nSPS) is 11.8. The van der Waals surface area contributed by atoms with E-state index in [1.807, 2.05) is 0 Å². The highest BCUT2D eigenvalue weighted by Gasteiger charge is 2.19. The SMILES string of the molecule is c1ccc(-c2ccccc2-c2c3ccccc3c(-c3cccc(-c4ccc5[nH]c6c7ccccc7c7ccccc7c6c5c4)c3)c3ccccc23)cc1. The van der Waals surface area contributed by atoms with E-state index in [-0.39, 0.29) is 0 Å². The van der Waals surface area contributed by atoms with Crippen LogP contribution < -0.4 is 0 Å². The number of aromatic nitrogens is 1. The molecule has 0 amide bonds. The molecule has 0 aliphatic heterocycles. The van der Waals surface area contributed by atoms with Gasteiger partial charge in [0.25, 0.3) is 0 Å². The first-order chi connectivity index (χ1) is 26.3. The minimum absolute atomic E-state index is 1.16. The summed E-state index contributed by atoms with van der Waals surface area (Å²) in [6.07, 6.45) is 0. The van der Waals surface area contributed by atoms with Crippen LogP contribution in [0.4, 0.5) is 0 Å². The zero-order valence-electron chi connectivity index (χ0n) is 29.0. The van der Waals surface area contributed by atoms with Gasteiger partial charge < -0.3 is 4.98 Å². The smallest absolute Gasteiger partial charge is 0.0551 e. The molecule has 1 heteroatoms. The monoisotopic (exact) mass is 671 g/mol. The molecule has 11 rings (SSSR count). The van der Waals surface area contributed by atoms with Crippen LogP contribution in [0.5, 0.6) is 0 Å². The Labute approximate surface area is 307 Å². The average Bonchev–Trinajstić information content (AvgIpc) is 3.63. The summed E-state index contributed by atoms with van der Waals surface area (Å²) in [5.41, 5.74) is 12.2. The summed E-state index contributed by atoms with van der Waals surface area (Å²) in [5, 5.41) is 12.7. The van der Waals surface area contributed by atoms with Gasteiger partial charge in [-0.3, -0.25) is 0 Å². The Balaban J connectivity index is 1.13. The van der Waals surface area contributed by atoms with Crippen molar-refractivity contribution in [3.05, 3.63) is 194 Å². The van der Waals surface area contributed by atoms with Crippen LogP contribution in [0.1, 0.15) is 0 Å². The van der Waals surface area contributed by atoms with E-state index in [9.17, 15) is 0 Å². The maximum Gasteiger partial charge on any atom is 0.0551 e. The van der Waals surface area contributed by atoms with Crippen molar-refractivity contribution in [3.8, 4) is 44.5 Å².